The van der Waals surface area contributed by atoms with E-state index < -0.39 is 5.97 Å². The van der Waals surface area contributed by atoms with Crippen LogP contribution in [0.4, 0.5) is 0 Å². The van der Waals surface area contributed by atoms with E-state index in [1.807, 2.05) is 0 Å². The van der Waals surface area contributed by atoms with Crippen LogP contribution in [0.15, 0.2) is 12.2 Å². The normalized spacial score (nSPS) is 23.9. The summed E-state index contributed by atoms with van der Waals surface area (Å²) in [5.74, 6) is -0.800. The van der Waals surface area contributed by atoms with Crippen LogP contribution < -0.4 is 0 Å². The molecule has 0 aromatic carbocycles. The number of hydrogen-bond acceptors (Lipinski definition) is 3. The minimum atomic E-state index is -0.771. The van der Waals surface area contributed by atoms with Crippen molar-refractivity contribution >= 4 is 11.8 Å². The molecule has 0 aliphatic heterocycles. The van der Waals surface area contributed by atoms with Crippen LogP contribution in [-0.4, -0.2) is 28.6 Å². The number of hydrogen-bond donors (Lipinski definition) is 2. The fourth-order valence-corrected chi connectivity index (χ4v) is 2.05. The first kappa shape index (κ1) is 12.9. The number of aliphatic hydroxyl groups excluding tert-OH is 1. The molecule has 0 fully saturated rings. The second-order valence-electron chi connectivity index (χ2n) is 4.21. The van der Waals surface area contributed by atoms with Crippen molar-refractivity contribution in [2.45, 2.75) is 32.1 Å². The molecule has 2 N–H and O–H groups in total. The molecule has 0 bridgehead atoms. The number of rotatable bonds is 7. The van der Waals surface area contributed by atoms with E-state index >= 15 is 0 Å². The first-order valence-electron chi connectivity index (χ1n) is 5.70. The minimum Gasteiger partial charge on any atom is -0.481 e. The molecule has 0 heterocycles. The number of carbonyl (C=O) groups excluding carboxylic acids is 1. The monoisotopic (exact) mass is 226 g/mol. The first-order chi connectivity index (χ1) is 7.65. The van der Waals surface area contributed by atoms with E-state index in [2.05, 4.69) is 0 Å². The van der Waals surface area contributed by atoms with Gasteiger partial charge in [-0.2, -0.15) is 0 Å². The summed E-state index contributed by atoms with van der Waals surface area (Å²) in [4.78, 5) is 21.7. The number of unbranched alkanes of at least 4 members (excludes halogenated alkanes) is 2. The van der Waals surface area contributed by atoms with Gasteiger partial charge in [0.05, 0.1) is 6.61 Å². The van der Waals surface area contributed by atoms with Crippen molar-refractivity contribution in [1.82, 2.24) is 0 Å². The van der Waals surface area contributed by atoms with Gasteiger partial charge in [-0.1, -0.05) is 18.9 Å². The molecule has 2 atom stereocenters. The Morgan fingerprint density at radius 3 is 2.69 bits per heavy atom. The van der Waals surface area contributed by atoms with Crippen LogP contribution in [0, 0.1) is 11.8 Å². The van der Waals surface area contributed by atoms with E-state index in [1.165, 1.54) is 0 Å². The van der Waals surface area contributed by atoms with Crippen molar-refractivity contribution in [2.24, 2.45) is 11.8 Å². The lowest BCUT2D eigenvalue weighted by Crippen LogP contribution is -2.18. The zero-order valence-corrected chi connectivity index (χ0v) is 9.26. The zero-order chi connectivity index (χ0) is 12.0. The van der Waals surface area contributed by atoms with Gasteiger partial charge in [0.1, 0.15) is 0 Å². The van der Waals surface area contributed by atoms with Gasteiger partial charge in [-0.05, 0) is 18.9 Å². The molecule has 0 aromatic heterocycles. The van der Waals surface area contributed by atoms with Crippen LogP contribution >= 0.6 is 0 Å². The van der Waals surface area contributed by atoms with Crippen LogP contribution in [0.2, 0.25) is 0 Å². The van der Waals surface area contributed by atoms with Gasteiger partial charge < -0.3 is 10.2 Å². The molecule has 1 rings (SSSR count). The van der Waals surface area contributed by atoms with Gasteiger partial charge in [0, 0.05) is 18.3 Å². The van der Waals surface area contributed by atoms with Crippen LogP contribution in [0.5, 0.6) is 0 Å². The highest BCUT2D eigenvalue weighted by Gasteiger charge is 2.28. The Kier molecular flexibility index (Phi) is 5.19. The van der Waals surface area contributed by atoms with Crippen LogP contribution in [0.3, 0.4) is 0 Å². The highest BCUT2D eigenvalue weighted by atomic mass is 16.4. The molecule has 90 valence electrons. The number of ketones is 1. The third kappa shape index (κ3) is 3.77. The van der Waals surface area contributed by atoms with Gasteiger partial charge in [0.15, 0.2) is 5.78 Å². The number of aliphatic hydroxyl groups is 1. The Morgan fingerprint density at radius 1 is 1.31 bits per heavy atom. The number of carboxylic acids is 1. The summed E-state index contributed by atoms with van der Waals surface area (Å²) in [6, 6.07) is 0. The number of aliphatic carboxylic acids is 1. The largest absolute Gasteiger partial charge is 0.481 e. The lowest BCUT2D eigenvalue weighted by Gasteiger charge is -2.15. The summed E-state index contributed by atoms with van der Waals surface area (Å²) in [5.41, 5.74) is 0. The SMILES string of the molecule is O=C(O)CCCCCC1C(=O)C=CC1CO. The Hall–Kier alpha value is -1.16. The average molecular weight is 226 g/mol. The smallest absolute Gasteiger partial charge is 0.303 e. The molecule has 1 aliphatic carbocycles. The Bertz CT molecular complexity index is 283. The van der Waals surface area contributed by atoms with E-state index in [0.29, 0.717) is 6.42 Å². The molecule has 4 heteroatoms. The van der Waals surface area contributed by atoms with E-state index in [4.69, 9.17) is 10.2 Å². The van der Waals surface area contributed by atoms with Gasteiger partial charge in [0.25, 0.3) is 0 Å². The highest BCUT2D eigenvalue weighted by Crippen LogP contribution is 2.27. The molecule has 0 radical (unpaired) electrons. The maximum absolute atomic E-state index is 11.4. The van der Waals surface area contributed by atoms with Crippen LogP contribution in [-0.2, 0) is 9.59 Å². The Balaban J connectivity index is 2.17. The Labute approximate surface area is 95.0 Å². The molecule has 16 heavy (non-hydrogen) atoms. The van der Waals surface area contributed by atoms with Crippen molar-refractivity contribution in [3.63, 3.8) is 0 Å². The molecule has 0 saturated heterocycles. The quantitative estimate of drug-likeness (QED) is 0.643. The van der Waals surface area contributed by atoms with Crippen molar-refractivity contribution in [3.05, 3.63) is 12.2 Å². The average Bonchev–Trinajstić information content (AvgIpc) is 2.59. The zero-order valence-electron chi connectivity index (χ0n) is 9.26. The van der Waals surface area contributed by atoms with Gasteiger partial charge in [-0.3, -0.25) is 9.59 Å². The van der Waals surface area contributed by atoms with Gasteiger partial charge in [0.2, 0.25) is 0 Å². The third-order valence-corrected chi connectivity index (χ3v) is 3.01. The van der Waals surface area contributed by atoms with Gasteiger partial charge in [-0.15, -0.1) is 0 Å². The summed E-state index contributed by atoms with van der Waals surface area (Å²) in [7, 11) is 0. The lowest BCUT2D eigenvalue weighted by molar-refractivity contribution is -0.137. The standard InChI is InChI=1S/C12H18O4/c13-8-9-6-7-11(14)10(9)4-2-1-3-5-12(15)16/h6-7,9-10,13H,1-5,8H2,(H,15,16). The predicted molar refractivity (Wildman–Crippen MR) is 58.9 cm³/mol. The van der Waals surface area contributed by atoms with E-state index in [-0.39, 0.29) is 30.6 Å². The molecule has 4 nitrogen and oxygen atoms in total. The number of carbonyl (C=O) groups is 2. The van der Waals surface area contributed by atoms with Crippen molar-refractivity contribution < 1.29 is 19.8 Å². The van der Waals surface area contributed by atoms with Crippen molar-refractivity contribution in [1.29, 1.82) is 0 Å². The molecule has 0 spiro atoms. The fourth-order valence-electron chi connectivity index (χ4n) is 2.05. The van der Waals surface area contributed by atoms with Crippen LogP contribution in [0.25, 0.3) is 0 Å². The lowest BCUT2D eigenvalue weighted by atomic mass is 9.90. The minimum absolute atomic E-state index is 0.0159. The van der Waals surface area contributed by atoms with Crippen LogP contribution in [0.1, 0.15) is 32.1 Å². The first-order valence-corrected chi connectivity index (χ1v) is 5.70. The predicted octanol–water partition coefficient (Wildman–Crippen LogP) is 1.39. The van der Waals surface area contributed by atoms with E-state index in [0.717, 1.165) is 19.3 Å². The molecule has 1 aliphatic rings. The molecule has 0 saturated carbocycles. The maximum atomic E-state index is 11.4. The summed E-state index contributed by atoms with van der Waals surface area (Å²) >= 11 is 0. The van der Waals surface area contributed by atoms with E-state index in [9.17, 15) is 9.59 Å². The number of allylic oxidation sites excluding steroid dienone is 1. The summed E-state index contributed by atoms with van der Waals surface area (Å²) < 4.78 is 0. The van der Waals surface area contributed by atoms with E-state index in [1.54, 1.807) is 12.2 Å². The number of carboxylic acid groups (broad SMARTS) is 1. The topological polar surface area (TPSA) is 74.6 Å². The van der Waals surface area contributed by atoms with Gasteiger partial charge in [-0.25, -0.2) is 0 Å². The molecular formula is C12H18O4. The second-order valence-corrected chi connectivity index (χ2v) is 4.21. The molecule has 0 aromatic rings. The summed E-state index contributed by atoms with van der Waals surface area (Å²) in [6.45, 7) is 0.0159. The summed E-state index contributed by atoms with van der Waals surface area (Å²) in [5, 5.41) is 17.5. The Morgan fingerprint density at radius 2 is 2.06 bits per heavy atom. The summed E-state index contributed by atoms with van der Waals surface area (Å²) in [6.07, 6.45) is 6.59. The molecular weight excluding hydrogens is 208 g/mol. The van der Waals surface area contributed by atoms with Crippen molar-refractivity contribution in [3.8, 4) is 0 Å². The van der Waals surface area contributed by atoms with Crippen molar-refractivity contribution in [2.75, 3.05) is 6.61 Å². The second kappa shape index (κ2) is 6.43. The third-order valence-electron chi connectivity index (χ3n) is 3.01. The molecule has 2 unspecified atom stereocenters. The fraction of sp³-hybridized carbons (Fsp3) is 0.667. The maximum Gasteiger partial charge on any atom is 0.303 e. The highest BCUT2D eigenvalue weighted by molar-refractivity contribution is 5.94. The van der Waals surface area contributed by atoms with Gasteiger partial charge >= 0.3 is 5.97 Å². The molecule has 0 amide bonds.